The largest absolute Gasteiger partial charge is 0.504 e. The van der Waals surface area contributed by atoms with E-state index >= 15 is 0 Å². The Kier molecular flexibility index (Phi) is 7.79. The molecule has 11 heteroatoms. The van der Waals surface area contributed by atoms with Gasteiger partial charge in [-0.25, -0.2) is 4.79 Å². The standard InChI is InChI=1S/C23H27N3O8/c27-17-5-3-12(10-19(17)29)8-15(25-21(31)14-2-1-7-24-14)22(32)26-16(23(33)34)9-13-4-6-18(28)20(30)11-13/h3-6,10-11,14-16,24,27-30H,1-2,7-9H2,(H,25,31)(H,26,32)(H,33,34)/t14-,15-,16-/m0/s1. The maximum Gasteiger partial charge on any atom is 0.326 e. The molecule has 1 heterocycles. The average Bonchev–Trinajstić information content (AvgIpc) is 3.33. The summed E-state index contributed by atoms with van der Waals surface area (Å²) in [7, 11) is 0. The molecule has 11 nitrogen and oxygen atoms in total. The first-order valence-electron chi connectivity index (χ1n) is 10.7. The first-order valence-corrected chi connectivity index (χ1v) is 10.7. The number of phenols is 4. The van der Waals surface area contributed by atoms with Crippen molar-refractivity contribution in [1.29, 1.82) is 0 Å². The van der Waals surface area contributed by atoms with Gasteiger partial charge in [0.05, 0.1) is 6.04 Å². The van der Waals surface area contributed by atoms with Crippen LogP contribution in [-0.4, -0.2) is 68.0 Å². The molecule has 2 amide bonds. The van der Waals surface area contributed by atoms with E-state index in [9.17, 15) is 39.9 Å². The minimum Gasteiger partial charge on any atom is -0.504 e. The van der Waals surface area contributed by atoms with Crippen LogP contribution in [0.15, 0.2) is 36.4 Å². The van der Waals surface area contributed by atoms with E-state index in [1.54, 1.807) is 0 Å². The zero-order valence-corrected chi connectivity index (χ0v) is 18.2. The van der Waals surface area contributed by atoms with Crippen LogP contribution >= 0.6 is 0 Å². The fourth-order valence-electron chi connectivity index (χ4n) is 3.73. The lowest BCUT2D eigenvalue weighted by Gasteiger charge is -2.23. The Morgan fingerprint density at radius 2 is 1.41 bits per heavy atom. The highest BCUT2D eigenvalue weighted by atomic mass is 16.4. The molecule has 34 heavy (non-hydrogen) atoms. The van der Waals surface area contributed by atoms with Crippen LogP contribution in [0.4, 0.5) is 0 Å². The predicted molar refractivity (Wildman–Crippen MR) is 119 cm³/mol. The predicted octanol–water partition coefficient (Wildman–Crippen LogP) is 0.100. The summed E-state index contributed by atoms with van der Waals surface area (Å²) >= 11 is 0. The van der Waals surface area contributed by atoms with Gasteiger partial charge in [0.1, 0.15) is 12.1 Å². The van der Waals surface area contributed by atoms with E-state index in [0.29, 0.717) is 24.1 Å². The summed E-state index contributed by atoms with van der Waals surface area (Å²) in [6.45, 7) is 0.668. The van der Waals surface area contributed by atoms with E-state index in [1.807, 2.05) is 0 Å². The Labute approximate surface area is 195 Å². The monoisotopic (exact) mass is 473 g/mol. The molecular formula is C23H27N3O8. The van der Waals surface area contributed by atoms with Crippen LogP contribution in [0.2, 0.25) is 0 Å². The van der Waals surface area contributed by atoms with Gasteiger partial charge >= 0.3 is 5.97 Å². The number of hydrogen-bond donors (Lipinski definition) is 8. The van der Waals surface area contributed by atoms with Crippen molar-refractivity contribution in [2.24, 2.45) is 0 Å². The molecule has 2 aromatic carbocycles. The number of carboxylic acids is 1. The third kappa shape index (κ3) is 6.29. The molecule has 182 valence electrons. The number of rotatable bonds is 9. The van der Waals surface area contributed by atoms with Crippen LogP contribution in [0.5, 0.6) is 23.0 Å². The van der Waals surface area contributed by atoms with Crippen molar-refractivity contribution in [2.45, 2.75) is 43.8 Å². The summed E-state index contributed by atoms with van der Waals surface area (Å²) < 4.78 is 0. The second kappa shape index (κ2) is 10.8. The number of hydrogen-bond acceptors (Lipinski definition) is 8. The number of benzene rings is 2. The van der Waals surface area contributed by atoms with Gasteiger partial charge in [0.15, 0.2) is 23.0 Å². The van der Waals surface area contributed by atoms with Crippen molar-refractivity contribution in [3.8, 4) is 23.0 Å². The molecule has 1 fully saturated rings. The molecule has 1 aliphatic rings. The first kappa shape index (κ1) is 24.6. The van der Waals surface area contributed by atoms with Gasteiger partial charge in [-0.2, -0.15) is 0 Å². The number of carboxylic acid groups (broad SMARTS) is 1. The Morgan fingerprint density at radius 3 is 1.88 bits per heavy atom. The molecule has 3 atom stereocenters. The normalized spacial score (nSPS) is 17.0. The molecule has 0 aliphatic carbocycles. The summed E-state index contributed by atoms with van der Waals surface area (Å²) in [5.74, 6) is -4.01. The summed E-state index contributed by atoms with van der Waals surface area (Å²) in [6, 6.07) is 4.79. The lowest BCUT2D eigenvalue weighted by atomic mass is 10.0. The van der Waals surface area contributed by atoms with E-state index in [-0.39, 0.29) is 24.3 Å². The highest BCUT2D eigenvalue weighted by Gasteiger charge is 2.30. The maximum absolute atomic E-state index is 13.1. The van der Waals surface area contributed by atoms with Crippen LogP contribution in [0.25, 0.3) is 0 Å². The molecule has 0 spiro atoms. The van der Waals surface area contributed by atoms with Crippen molar-refractivity contribution in [1.82, 2.24) is 16.0 Å². The van der Waals surface area contributed by atoms with Crippen LogP contribution in [0, 0.1) is 0 Å². The lowest BCUT2D eigenvalue weighted by Crippen LogP contribution is -2.55. The third-order valence-corrected chi connectivity index (χ3v) is 5.58. The zero-order chi connectivity index (χ0) is 24.8. The highest BCUT2D eigenvalue weighted by Crippen LogP contribution is 2.26. The fraction of sp³-hybridized carbons (Fsp3) is 0.348. The van der Waals surface area contributed by atoms with Crippen LogP contribution in [0.3, 0.4) is 0 Å². The van der Waals surface area contributed by atoms with Crippen molar-refractivity contribution in [3.05, 3.63) is 47.5 Å². The first-order chi connectivity index (χ1) is 16.1. The smallest absolute Gasteiger partial charge is 0.326 e. The second-order valence-corrected chi connectivity index (χ2v) is 8.16. The second-order valence-electron chi connectivity index (χ2n) is 8.16. The molecule has 0 aromatic heterocycles. The van der Waals surface area contributed by atoms with Gasteiger partial charge in [-0.15, -0.1) is 0 Å². The number of amides is 2. The minimum absolute atomic E-state index is 0.0650. The number of carbonyl (C=O) groups excluding carboxylic acids is 2. The summed E-state index contributed by atoms with van der Waals surface area (Å²) in [5, 5.41) is 56.1. The highest BCUT2D eigenvalue weighted by molar-refractivity contribution is 5.92. The van der Waals surface area contributed by atoms with E-state index in [4.69, 9.17) is 0 Å². The fourth-order valence-corrected chi connectivity index (χ4v) is 3.73. The molecule has 0 unspecified atom stereocenters. The van der Waals surface area contributed by atoms with Gasteiger partial charge in [0, 0.05) is 12.8 Å². The Balaban J connectivity index is 1.77. The van der Waals surface area contributed by atoms with Gasteiger partial charge in [-0.05, 0) is 54.8 Å². The molecule has 0 saturated carbocycles. The van der Waals surface area contributed by atoms with Crippen LogP contribution < -0.4 is 16.0 Å². The number of carbonyl (C=O) groups is 3. The molecule has 0 radical (unpaired) electrons. The van der Waals surface area contributed by atoms with Crippen molar-refractivity contribution in [3.63, 3.8) is 0 Å². The molecule has 3 rings (SSSR count). The zero-order valence-electron chi connectivity index (χ0n) is 18.2. The summed E-state index contributed by atoms with van der Waals surface area (Å²) in [6.07, 6.45) is 1.16. The Morgan fingerprint density at radius 1 is 0.853 bits per heavy atom. The average molecular weight is 473 g/mol. The third-order valence-electron chi connectivity index (χ3n) is 5.58. The SMILES string of the molecule is O=C(O)[C@H](Cc1ccc(O)c(O)c1)NC(=O)[C@H](Cc1ccc(O)c(O)c1)NC(=O)[C@@H]1CCCN1. The van der Waals surface area contributed by atoms with Crippen molar-refractivity contribution < 1.29 is 39.9 Å². The summed E-state index contributed by atoms with van der Waals surface area (Å²) in [5.41, 5.74) is 0.799. The van der Waals surface area contributed by atoms with Crippen molar-refractivity contribution >= 4 is 17.8 Å². The van der Waals surface area contributed by atoms with Gasteiger partial charge in [-0.1, -0.05) is 12.1 Å². The quantitative estimate of drug-likeness (QED) is 0.234. The van der Waals surface area contributed by atoms with E-state index < -0.39 is 47.4 Å². The van der Waals surface area contributed by atoms with Gasteiger partial charge < -0.3 is 41.5 Å². The number of nitrogens with one attached hydrogen (secondary N) is 3. The maximum atomic E-state index is 13.1. The van der Waals surface area contributed by atoms with E-state index in [1.165, 1.54) is 36.4 Å². The van der Waals surface area contributed by atoms with Crippen molar-refractivity contribution in [2.75, 3.05) is 6.54 Å². The number of aromatic hydroxyl groups is 4. The Hall–Kier alpha value is -3.99. The minimum atomic E-state index is -1.38. The van der Waals surface area contributed by atoms with E-state index in [2.05, 4.69) is 16.0 Å². The number of aliphatic carboxylic acids is 1. The molecule has 0 bridgehead atoms. The van der Waals surface area contributed by atoms with Crippen LogP contribution in [-0.2, 0) is 27.2 Å². The molecule has 2 aromatic rings. The van der Waals surface area contributed by atoms with Gasteiger partial charge in [0.2, 0.25) is 11.8 Å². The van der Waals surface area contributed by atoms with Gasteiger partial charge in [0.25, 0.3) is 0 Å². The molecular weight excluding hydrogens is 446 g/mol. The molecule has 1 saturated heterocycles. The molecule has 1 aliphatic heterocycles. The van der Waals surface area contributed by atoms with Crippen LogP contribution in [0.1, 0.15) is 24.0 Å². The molecule has 8 N–H and O–H groups in total. The number of phenolic OH excluding ortho intramolecular Hbond substituents is 4. The van der Waals surface area contributed by atoms with E-state index in [0.717, 1.165) is 6.42 Å². The lowest BCUT2D eigenvalue weighted by molar-refractivity contribution is -0.142. The summed E-state index contributed by atoms with van der Waals surface area (Å²) in [4.78, 5) is 37.5. The van der Waals surface area contributed by atoms with Gasteiger partial charge in [-0.3, -0.25) is 9.59 Å². The topological polar surface area (TPSA) is 188 Å². The Bertz CT molecular complexity index is 1070.